The monoisotopic (exact) mass is 667 g/mol. The Morgan fingerprint density at radius 3 is 1.62 bits per heavy atom. The van der Waals surface area contributed by atoms with Crippen molar-refractivity contribution in [2.75, 3.05) is 0 Å². The van der Waals surface area contributed by atoms with Crippen molar-refractivity contribution < 1.29 is 0 Å². The Morgan fingerprint density at radius 2 is 1.00 bits per heavy atom. The fraction of sp³-hybridized carbons (Fsp3) is 0.0816. The van der Waals surface area contributed by atoms with Crippen LogP contribution >= 0.6 is 0 Å². The van der Waals surface area contributed by atoms with Crippen molar-refractivity contribution in [2.45, 2.75) is 26.2 Å². The summed E-state index contributed by atoms with van der Waals surface area (Å²) < 4.78 is 4.91. The molecule has 0 saturated heterocycles. The molecular weight excluding hydrogens is 631 g/mol. The van der Waals surface area contributed by atoms with Gasteiger partial charge in [0, 0.05) is 33.4 Å². The molecule has 52 heavy (non-hydrogen) atoms. The Bertz CT molecular complexity index is 2980. The summed E-state index contributed by atoms with van der Waals surface area (Å²) in [5.74, 6) is 1.02. The average molecular weight is 668 g/mol. The van der Waals surface area contributed by atoms with Crippen LogP contribution in [0.4, 0.5) is 0 Å². The quantitative estimate of drug-likeness (QED) is 0.178. The molecule has 2 aromatic heterocycles. The highest BCUT2D eigenvalue weighted by molar-refractivity contribution is 6.39. The summed E-state index contributed by atoms with van der Waals surface area (Å²) in [5, 5.41) is 10.4. The van der Waals surface area contributed by atoms with Gasteiger partial charge in [-0.3, -0.25) is 4.57 Å². The fourth-order valence-electron chi connectivity index (χ4n) is 8.48. The molecule has 0 radical (unpaired) electrons. The highest BCUT2D eigenvalue weighted by atomic mass is 15.1. The first-order chi connectivity index (χ1) is 25.8. The molecule has 8 aromatic carbocycles. The maximum Gasteiger partial charge on any atom is 0.133 e. The molecule has 0 fully saturated rings. The van der Waals surface area contributed by atoms with Gasteiger partial charge in [-0.15, -0.1) is 0 Å². The van der Waals surface area contributed by atoms with Crippen molar-refractivity contribution in [1.29, 1.82) is 0 Å². The van der Waals surface area contributed by atoms with E-state index in [2.05, 4.69) is 168 Å². The number of para-hydroxylation sites is 1. The predicted octanol–water partition coefficient (Wildman–Crippen LogP) is 12.9. The molecule has 0 amide bonds. The molecule has 0 bridgehead atoms. The highest BCUT2D eigenvalue weighted by Crippen LogP contribution is 2.48. The second kappa shape index (κ2) is 12.4. The Morgan fingerprint density at radius 1 is 0.462 bits per heavy atom. The third kappa shape index (κ3) is 4.77. The van der Waals surface area contributed by atoms with Gasteiger partial charge < -0.3 is 4.57 Å². The van der Waals surface area contributed by atoms with Gasteiger partial charge in [-0.1, -0.05) is 133 Å². The second-order valence-corrected chi connectivity index (χ2v) is 13.9. The molecule has 1 aliphatic rings. The molecule has 0 unspecified atom stereocenters. The van der Waals surface area contributed by atoms with Crippen molar-refractivity contribution in [3.05, 3.63) is 180 Å². The van der Waals surface area contributed by atoms with E-state index < -0.39 is 0 Å². The van der Waals surface area contributed by atoms with Crippen LogP contribution in [0.5, 0.6) is 0 Å². The first-order valence-electron chi connectivity index (χ1n) is 18.3. The summed E-state index contributed by atoms with van der Waals surface area (Å²) in [5.41, 5.74) is 10.1. The number of aliphatic imine (C=N–C) groups is 1. The summed E-state index contributed by atoms with van der Waals surface area (Å²) in [6, 6.07) is 57.2. The van der Waals surface area contributed by atoms with E-state index in [9.17, 15) is 0 Å². The lowest BCUT2D eigenvalue weighted by Gasteiger charge is -2.14. The first kappa shape index (κ1) is 30.4. The van der Waals surface area contributed by atoms with E-state index in [0.717, 1.165) is 25.1 Å². The van der Waals surface area contributed by atoms with Crippen molar-refractivity contribution in [3.63, 3.8) is 0 Å². The summed E-state index contributed by atoms with van der Waals surface area (Å²) in [4.78, 5) is 4.93. The third-order valence-electron chi connectivity index (χ3n) is 10.7. The van der Waals surface area contributed by atoms with E-state index in [1.165, 1.54) is 87.5 Å². The van der Waals surface area contributed by atoms with Crippen LogP contribution in [0.2, 0.25) is 0 Å². The van der Waals surface area contributed by atoms with Crippen LogP contribution in [-0.2, 0) is 6.42 Å². The molecule has 3 nitrogen and oxygen atoms in total. The summed E-state index contributed by atoms with van der Waals surface area (Å²) in [7, 11) is 0. The van der Waals surface area contributed by atoms with Crippen LogP contribution in [0.1, 0.15) is 29.5 Å². The standard InChI is InChI=1S/C42H29N3.C7H8/c1-2-12-27(13-3-1)26-28-14-4-7-19-33(28)44-34-20-10-17-31-29-15-5-6-16-30(29)32-18-11-21-35-40(32)42-37(24-23-36(44)41(42)39(31)34)45(35)38-22-8-9-25-43-38;1-7-5-3-2-4-6-7/h1-7,10-25H,8-9,26H2;2-6H,1H3. The smallest absolute Gasteiger partial charge is 0.133 e. The molecule has 0 aliphatic carbocycles. The molecule has 0 saturated carbocycles. The SMILES string of the molecule is C1=NC(n2c3cccc4c5ccccc5c5cccc6c5c5c(c43)c2ccc5n6-c2ccccc2Cc2ccccc2)=CCC1.Cc1ccccc1. The number of aromatic nitrogens is 2. The summed E-state index contributed by atoms with van der Waals surface area (Å²) in [6.07, 6.45) is 7.22. The molecule has 10 aromatic rings. The van der Waals surface area contributed by atoms with Gasteiger partial charge in [0.05, 0.1) is 22.1 Å². The van der Waals surface area contributed by atoms with Crippen LogP contribution in [-0.4, -0.2) is 15.3 Å². The third-order valence-corrected chi connectivity index (χ3v) is 10.7. The van der Waals surface area contributed by atoms with Gasteiger partial charge >= 0.3 is 0 Å². The van der Waals surface area contributed by atoms with Crippen molar-refractivity contribution in [3.8, 4) is 5.69 Å². The minimum Gasteiger partial charge on any atom is -0.309 e. The molecule has 11 rings (SSSR count). The van der Waals surface area contributed by atoms with Crippen LogP contribution in [0.3, 0.4) is 0 Å². The average Bonchev–Trinajstić information content (AvgIpc) is 3.72. The molecule has 248 valence electrons. The molecule has 3 heterocycles. The van der Waals surface area contributed by atoms with Gasteiger partial charge in [-0.25, -0.2) is 4.99 Å². The molecule has 0 spiro atoms. The number of nitrogens with zero attached hydrogens (tertiary/aromatic N) is 3. The Labute approximate surface area is 302 Å². The van der Waals surface area contributed by atoms with E-state index in [-0.39, 0.29) is 0 Å². The van der Waals surface area contributed by atoms with Crippen molar-refractivity contribution >= 4 is 77.2 Å². The number of rotatable bonds is 4. The number of benzene rings is 7. The van der Waals surface area contributed by atoms with Gasteiger partial charge in [0.25, 0.3) is 0 Å². The zero-order valence-corrected chi connectivity index (χ0v) is 29.1. The highest BCUT2D eigenvalue weighted by Gasteiger charge is 2.25. The van der Waals surface area contributed by atoms with Crippen LogP contribution < -0.4 is 0 Å². The molecule has 3 heteroatoms. The van der Waals surface area contributed by atoms with E-state index in [0.29, 0.717) is 0 Å². The summed E-state index contributed by atoms with van der Waals surface area (Å²) >= 11 is 0. The summed E-state index contributed by atoms with van der Waals surface area (Å²) in [6.45, 7) is 2.08. The zero-order valence-electron chi connectivity index (χ0n) is 29.1. The number of fused-ring (bicyclic) bond motifs is 3. The first-order valence-corrected chi connectivity index (χ1v) is 18.3. The Balaban J connectivity index is 0.000000436. The Hall–Kier alpha value is -6.45. The van der Waals surface area contributed by atoms with Gasteiger partial charge in [0.1, 0.15) is 5.82 Å². The van der Waals surface area contributed by atoms with Crippen molar-refractivity contribution in [1.82, 2.24) is 9.13 Å². The van der Waals surface area contributed by atoms with E-state index in [4.69, 9.17) is 4.99 Å². The van der Waals surface area contributed by atoms with Gasteiger partial charge in [-0.05, 0) is 95.3 Å². The van der Waals surface area contributed by atoms with Gasteiger partial charge in [-0.2, -0.15) is 0 Å². The van der Waals surface area contributed by atoms with Crippen LogP contribution in [0.25, 0.3) is 76.7 Å². The van der Waals surface area contributed by atoms with Crippen molar-refractivity contribution in [2.24, 2.45) is 4.99 Å². The molecular formula is C49H37N3. The van der Waals surface area contributed by atoms with Crippen LogP contribution in [0, 0.1) is 6.92 Å². The molecule has 1 aliphatic heterocycles. The lowest BCUT2D eigenvalue weighted by molar-refractivity contribution is 1.04. The number of aryl methyl sites for hydroxylation is 1. The minimum atomic E-state index is 0.874. The number of hydrogen-bond donors (Lipinski definition) is 0. The minimum absolute atomic E-state index is 0.874. The Kier molecular flexibility index (Phi) is 7.24. The zero-order chi connectivity index (χ0) is 34.6. The van der Waals surface area contributed by atoms with Gasteiger partial charge in [0.15, 0.2) is 0 Å². The second-order valence-electron chi connectivity index (χ2n) is 13.9. The van der Waals surface area contributed by atoms with E-state index in [1.807, 2.05) is 18.2 Å². The maximum absolute atomic E-state index is 4.93. The topological polar surface area (TPSA) is 22.2 Å². The lowest BCUT2D eigenvalue weighted by atomic mass is 9.95. The largest absolute Gasteiger partial charge is 0.309 e. The normalized spacial score (nSPS) is 13.1. The number of allylic oxidation sites excluding steroid dienone is 1. The maximum atomic E-state index is 4.93. The fourth-order valence-corrected chi connectivity index (χ4v) is 8.48. The van der Waals surface area contributed by atoms with E-state index >= 15 is 0 Å². The molecule has 0 N–H and O–H groups in total. The lowest BCUT2D eigenvalue weighted by Crippen LogP contribution is -2.01. The van der Waals surface area contributed by atoms with E-state index in [1.54, 1.807) is 0 Å². The van der Waals surface area contributed by atoms with Crippen LogP contribution in [0.15, 0.2) is 169 Å². The number of hydrogen-bond acceptors (Lipinski definition) is 1. The predicted molar refractivity (Wildman–Crippen MR) is 222 cm³/mol. The molecule has 0 atom stereocenters. The van der Waals surface area contributed by atoms with Gasteiger partial charge in [0.2, 0.25) is 0 Å².